The van der Waals surface area contributed by atoms with Gasteiger partial charge in [0.05, 0.1) is 31.4 Å². The van der Waals surface area contributed by atoms with Gasteiger partial charge in [0.15, 0.2) is 0 Å². The third kappa shape index (κ3) is 10.7. The molecule has 0 aromatic heterocycles. The van der Waals surface area contributed by atoms with Crippen molar-refractivity contribution in [3.63, 3.8) is 0 Å². The van der Waals surface area contributed by atoms with Gasteiger partial charge in [-0.05, 0) is 26.2 Å². The summed E-state index contributed by atoms with van der Waals surface area (Å²) in [6.45, 7) is 13.8. The Morgan fingerprint density at radius 3 is 1.65 bits per heavy atom. The molecule has 0 rings (SSSR count). The Bertz CT molecular complexity index is 307. The first kappa shape index (κ1) is 23.3. The third-order valence-electron chi connectivity index (χ3n) is 3.80. The minimum Gasteiger partial charge on any atom is -0.395 e. The fraction of sp³-hybridized carbons (Fsp3) is 1.00. The predicted molar refractivity (Wildman–Crippen MR) is 96.7 cm³/mol. The molecule has 0 saturated carbocycles. The first-order valence-corrected chi connectivity index (χ1v) is 10.7. The summed E-state index contributed by atoms with van der Waals surface area (Å²) in [7, 11) is -3.29. The molecule has 0 aliphatic heterocycles. The third-order valence-corrected chi connectivity index (χ3v) is 6.35. The van der Waals surface area contributed by atoms with Gasteiger partial charge in [-0.15, -0.1) is 11.6 Å². The van der Waals surface area contributed by atoms with Crippen molar-refractivity contribution >= 4 is 19.2 Å². The molecule has 0 aliphatic rings. The lowest BCUT2D eigenvalue weighted by Crippen LogP contribution is -2.28. The van der Waals surface area contributed by atoms with Crippen LogP contribution < -0.4 is 0 Å². The zero-order valence-corrected chi connectivity index (χ0v) is 16.7. The lowest BCUT2D eigenvalue weighted by Gasteiger charge is -2.24. The summed E-state index contributed by atoms with van der Waals surface area (Å²) in [5, 5.41) is 8.47. The van der Waals surface area contributed by atoms with Crippen molar-refractivity contribution in [2.45, 2.75) is 33.1 Å². The Labute approximate surface area is 146 Å². The molecule has 140 valence electrons. The summed E-state index contributed by atoms with van der Waals surface area (Å²) in [6, 6.07) is 0. The van der Waals surface area contributed by atoms with Crippen molar-refractivity contribution in [3.05, 3.63) is 0 Å². The molecular weight excluding hydrogens is 339 g/mol. The number of rotatable bonds is 15. The molecule has 0 bridgehead atoms. The van der Waals surface area contributed by atoms with Crippen LogP contribution in [0.15, 0.2) is 0 Å². The van der Waals surface area contributed by atoms with Gasteiger partial charge in [-0.3, -0.25) is 4.57 Å². The Balaban J connectivity index is 4.48. The monoisotopic (exact) mass is 372 g/mol. The number of halogens is 1. The highest BCUT2D eigenvalue weighted by molar-refractivity contribution is 7.54. The first-order valence-electron chi connectivity index (χ1n) is 8.52. The average molecular weight is 373 g/mol. The number of aliphatic hydroxyl groups is 1. The van der Waals surface area contributed by atoms with Crippen LogP contribution in [0.4, 0.5) is 0 Å². The van der Waals surface area contributed by atoms with Gasteiger partial charge in [-0.2, -0.15) is 0 Å². The lowest BCUT2D eigenvalue weighted by atomic mass is 10.5. The average Bonchev–Trinajstić information content (AvgIpc) is 2.55. The van der Waals surface area contributed by atoms with Gasteiger partial charge in [-0.25, -0.2) is 0 Å². The molecule has 1 unspecified atom stereocenters. The van der Waals surface area contributed by atoms with Crippen LogP contribution in [0.1, 0.15) is 27.7 Å². The molecule has 1 N–H and O–H groups in total. The van der Waals surface area contributed by atoms with Gasteiger partial charge < -0.3 is 24.0 Å². The standard InChI is InChI=1S/C15H34ClN2O4P/c1-5-17(6-2)9-11-21-23(20,14-15(16)13-19)22-12-10-18(7-3)8-4/h15,19H,5-14H2,1-4H3. The maximum atomic E-state index is 12.8. The van der Waals surface area contributed by atoms with Gasteiger partial charge >= 0.3 is 7.60 Å². The molecule has 0 aromatic carbocycles. The normalized spacial score (nSPS) is 13.9. The van der Waals surface area contributed by atoms with Gasteiger partial charge in [0.1, 0.15) is 0 Å². The largest absolute Gasteiger partial charge is 0.395 e. The molecule has 0 saturated heterocycles. The quantitative estimate of drug-likeness (QED) is 0.352. The van der Waals surface area contributed by atoms with Crippen molar-refractivity contribution in [1.82, 2.24) is 9.80 Å². The highest BCUT2D eigenvalue weighted by atomic mass is 35.5. The van der Waals surface area contributed by atoms with Gasteiger partial charge in [0.2, 0.25) is 0 Å². The zero-order chi connectivity index (χ0) is 17.7. The van der Waals surface area contributed by atoms with E-state index in [0.717, 1.165) is 26.2 Å². The molecular formula is C15H34ClN2O4P. The SMILES string of the molecule is CCN(CC)CCOP(=O)(CC(Cl)CO)OCCN(CC)CC. The van der Waals surface area contributed by atoms with E-state index >= 15 is 0 Å². The first-order chi connectivity index (χ1) is 10.9. The van der Waals surface area contributed by atoms with E-state index in [0.29, 0.717) is 26.3 Å². The summed E-state index contributed by atoms with van der Waals surface area (Å²) in [5.41, 5.74) is 0. The molecule has 23 heavy (non-hydrogen) atoms. The van der Waals surface area contributed by atoms with Crippen molar-refractivity contribution in [2.75, 3.05) is 65.3 Å². The minimum atomic E-state index is -3.29. The molecule has 8 heteroatoms. The van der Waals surface area contributed by atoms with E-state index in [1.807, 2.05) is 0 Å². The Morgan fingerprint density at radius 2 is 1.35 bits per heavy atom. The maximum absolute atomic E-state index is 12.8. The molecule has 0 aromatic rings. The van der Waals surface area contributed by atoms with Gasteiger partial charge in [0.25, 0.3) is 0 Å². The van der Waals surface area contributed by atoms with E-state index in [1.54, 1.807) is 0 Å². The fourth-order valence-electron chi connectivity index (χ4n) is 2.14. The number of alkyl halides is 1. The molecule has 1 atom stereocenters. The predicted octanol–water partition coefficient (Wildman–Crippen LogP) is 2.50. The second kappa shape index (κ2) is 13.6. The van der Waals surface area contributed by atoms with E-state index in [4.69, 9.17) is 25.8 Å². The number of hydrogen-bond acceptors (Lipinski definition) is 6. The van der Waals surface area contributed by atoms with Crippen LogP contribution >= 0.6 is 19.2 Å². The molecule has 0 amide bonds. The minimum absolute atomic E-state index is 0.0293. The number of aliphatic hydroxyl groups excluding tert-OH is 1. The molecule has 6 nitrogen and oxygen atoms in total. The van der Waals surface area contributed by atoms with Crippen LogP contribution in [0.2, 0.25) is 0 Å². The number of hydrogen-bond donors (Lipinski definition) is 1. The highest BCUT2D eigenvalue weighted by Gasteiger charge is 2.28. The zero-order valence-electron chi connectivity index (χ0n) is 15.0. The van der Waals surface area contributed by atoms with Crippen LogP contribution in [0, 0.1) is 0 Å². The van der Waals surface area contributed by atoms with Gasteiger partial charge in [0, 0.05) is 13.1 Å². The maximum Gasteiger partial charge on any atom is 0.332 e. The topological polar surface area (TPSA) is 62.2 Å². The second-order valence-corrected chi connectivity index (χ2v) is 8.01. The Morgan fingerprint density at radius 1 is 0.957 bits per heavy atom. The summed E-state index contributed by atoms with van der Waals surface area (Å²) in [5.74, 6) is 0. The molecule has 0 heterocycles. The Hall–Kier alpha value is 0.320. The van der Waals surface area contributed by atoms with E-state index in [1.165, 1.54) is 0 Å². The van der Waals surface area contributed by atoms with Crippen LogP contribution in [0.25, 0.3) is 0 Å². The summed E-state index contributed by atoms with van der Waals surface area (Å²) < 4.78 is 23.9. The molecule has 0 fully saturated rings. The van der Waals surface area contributed by atoms with Crippen LogP contribution in [-0.4, -0.2) is 85.5 Å². The van der Waals surface area contributed by atoms with Crippen LogP contribution in [0.5, 0.6) is 0 Å². The van der Waals surface area contributed by atoms with Crippen molar-refractivity contribution < 1.29 is 18.7 Å². The Kier molecular flexibility index (Phi) is 13.8. The van der Waals surface area contributed by atoms with Gasteiger partial charge in [-0.1, -0.05) is 27.7 Å². The summed E-state index contributed by atoms with van der Waals surface area (Å²) in [4.78, 5) is 4.37. The molecule has 0 radical (unpaired) electrons. The highest BCUT2D eigenvalue weighted by Crippen LogP contribution is 2.49. The molecule has 0 spiro atoms. The van der Waals surface area contributed by atoms with Crippen LogP contribution in [0.3, 0.4) is 0 Å². The van der Waals surface area contributed by atoms with Crippen LogP contribution in [-0.2, 0) is 13.6 Å². The lowest BCUT2D eigenvalue weighted by molar-refractivity contribution is 0.158. The summed E-state index contributed by atoms with van der Waals surface area (Å²) in [6.07, 6.45) is 0.0293. The van der Waals surface area contributed by atoms with Crippen molar-refractivity contribution in [1.29, 1.82) is 0 Å². The number of likely N-dealkylation sites (N-methyl/N-ethyl adjacent to an activating group) is 2. The smallest absolute Gasteiger partial charge is 0.332 e. The van der Waals surface area contributed by atoms with E-state index in [2.05, 4.69) is 37.5 Å². The number of nitrogens with zero attached hydrogens (tertiary/aromatic N) is 2. The van der Waals surface area contributed by atoms with E-state index in [9.17, 15) is 4.57 Å². The molecule has 0 aliphatic carbocycles. The van der Waals surface area contributed by atoms with E-state index in [-0.39, 0.29) is 12.8 Å². The van der Waals surface area contributed by atoms with E-state index < -0.39 is 13.0 Å². The summed E-state index contributed by atoms with van der Waals surface area (Å²) >= 11 is 5.94. The van der Waals surface area contributed by atoms with Crippen molar-refractivity contribution in [2.24, 2.45) is 0 Å². The van der Waals surface area contributed by atoms with Crippen molar-refractivity contribution in [3.8, 4) is 0 Å². The second-order valence-electron chi connectivity index (χ2n) is 5.29. The fourth-order valence-corrected chi connectivity index (χ4v) is 4.25.